The maximum atomic E-state index is 13.6. The molecule has 1 saturated carbocycles. The molecule has 10 heteroatoms. The first-order valence-electron chi connectivity index (χ1n) is 15.3. The minimum Gasteiger partial charge on any atom is -0.490 e. The highest BCUT2D eigenvalue weighted by molar-refractivity contribution is 7.90. The Kier molecular flexibility index (Phi) is 8.70. The third-order valence-corrected chi connectivity index (χ3v) is 11.4. The van der Waals surface area contributed by atoms with E-state index in [9.17, 15) is 18.9 Å². The quantitative estimate of drug-likeness (QED) is 0.437. The highest BCUT2D eigenvalue weighted by Crippen LogP contribution is 2.46. The fourth-order valence-corrected chi connectivity index (χ4v) is 8.73. The van der Waals surface area contributed by atoms with Gasteiger partial charge in [0.15, 0.2) is 10.0 Å². The van der Waals surface area contributed by atoms with Crippen molar-refractivity contribution in [1.29, 1.82) is 0 Å². The predicted octanol–water partition coefficient (Wildman–Crippen LogP) is 5.68. The van der Waals surface area contributed by atoms with Gasteiger partial charge in [-0.25, -0.2) is 4.21 Å². The third kappa shape index (κ3) is 6.27. The highest BCUT2D eigenvalue weighted by atomic mass is 35.5. The van der Waals surface area contributed by atoms with E-state index < -0.39 is 27.8 Å². The molecular formula is C33H39ClN2O6S. The summed E-state index contributed by atoms with van der Waals surface area (Å²) in [5, 5.41) is 11.8. The third-order valence-electron chi connectivity index (χ3n) is 9.50. The van der Waals surface area contributed by atoms with E-state index in [-0.39, 0.29) is 41.6 Å². The predicted molar refractivity (Wildman–Crippen MR) is 167 cm³/mol. The van der Waals surface area contributed by atoms with Crippen LogP contribution < -0.4 is 9.64 Å². The van der Waals surface area contributed by atoms with E-state index in [1.165, 1.54) is 11.1 Å². The lowest BCUT2D eigenvalue weighted by Crippen LogP contribution is -2.49. The average Bonchev–Trinajstić information content (AvgIpc) is 3.11. The van der Waals surface area contributed by atoms with Gasteiger partial charge in [-0.3, -0.25) is 13.8 Å². The molecule has 1 N–H and O–H groups in total. The zero-order chi connectivity index (χ0) is 30.2. The Morgan fingerprint density at radius 3 is 2.88 bits per heavy atom. The molecule has 0 radical (unpaired) electrons. The molecule has 1 spiro atoms. The summed E-state index contributed by atoms with van der Waals surface area (Å²) in [5.74, 6) is -0.380. The largest absolute Gasteiger partial charge is 0.490 e. The Morgan fingerprint density at radius 2 is 2.09 bits per heavy atom. The number of anilines is 1. The zero-order valence-corrected chi connectivity index (χ0v) is 26.1. The monoisotopic (exact) mass is 626 g/mol. The number of rotatable bonds is 3. The summed E-state index contributed by atoms with van der Waals surface area (Å²) >= 11 is 6.39. The topological polar surface area (TPSA) is 106 Å². The highest BCUT2D eigenvalue weighted by Gasteiger charge is 2.44. The lowest BCUT2D eigenvalue weighted by Gasteiger charge is -2.45. The molecule has 2 bridgehead atoms. The van der Waals surface area contributed by atoms with Crippen molar-refractivity contribution >= 4 is 39.0 Å². The normalized spacial score (nSPS) is 31.5. The van der Waals surface area contributed by atoms with Crippen LogP contribution in [0.1, 0.15) is 66.9 Å². The first-order valence-corrected chi connectivity index (χ1v) is 17.3. The van der Waals surface area contributed by atoms with Gasteiger partial charge in [-0.05, 0) is 91.8 Å². The molecular weight excluding hydrogens is 588 g/mol. The number of carbonyl (C=O) groups excluding carboxylic acids is 2. The number of ketones is 1. The van der Waals surface area contributed by atoms with Crippen LogP contribution in [0.2, 0.25) is 5.02 Å². The molecule has 2 aliphatic heterocycles. The summed E-state index contributed by atoms with van der Waals surface area (Å²) in [6.45, 7) is 3.57. The van der Waals surface area contributed by atoms with Crippen molar-refractivity contribution in [3.8, 4) is 5.75 Å². The van der Waals surface area contributed by atoms with E-state index in [1.807, 2.05) is 12.1 Å². The summed E-state index contributed by atoms with van der Waals surface area (Å²) in [5.41, 5.74) is 3.26. The molecule has 2 aromatic carbocycles. The minimum absolute atomic E-state index is 0.0184. The summed E-state index contributed by atoms with van der Waals surface area (Å²) in [6.07, 6.45) is 8.42. The number of halogens is 1. The lowest BCUT2D eigenvalue weighted by atomic mass is 9.68. The van der Waals surface area contributed by atoms with Crippen LogP contribution in [0.5, 0.6) is 5.75 Å². The van der Waals surface area contributed by atoms with Gasteiger partial charge in [0.2, 0.25) is 0 Å². The number of ether oxygens (including phenoxy) is 1. The van der Waals surface area contributed by atoms with E-state index in [0.717, 1.165) is 42.8 Å². The van der Waals surface area contributed by atoms with Gasteiger partial charge in [-0.2, -0.15) is 0 Å². The number of aliphatic hydroxyl groups is 1. The summed E-state index contributed by atoms with van der Waals surface area (Å²) in [6, 6.07) is 11.3. The maximum absolute atomic E-state index is 13.6. The van der Waals surface area contributed by atoms with E-state index in [0.29, 0.717) is 31.9 Å². The second-order valence-electron chi connectivity index (χ2n) is 12.3. The van der Waals surface area contributed by atoms with E-state index >= 15 is 0 Å². The molecule has 230 valence electrons. The van der Waals surface area contributed by atoms with Crippen LogP contribution in [-0.4, -0.2) is 59.2 Å². The zero-order valence-electron chi connectivity index (χ0n) is 24.5. The van der Waals surface area contributed by atoms with E-state index in [1.54, 1.807) is 31.2 Å². The molecule has 2 aromatic rings. The number of hydrogen-bond acceptors (Lipinski definition) is 7. The van der Waals surface area contributed by atoms with Crippen LogP contribution in [0.4, 0.5) is 5.69 Å². The van der Waals surface area contributed by atoms with E-state index in [4.69, 9.17) is 20.5 Å². The molecule has 2 aliphatic carbocycles. The van der Waals surface area contributed by atoms with Gasteiger partial charge in [-0.15, -0.1) is 4.36 Å². The Balaban J connectivity index is 1.43. The standard InChI is InChI=1S/C33H39ClN2O6S/c1-2-26(37)19-43(40)35-32(39)23-9-13-31-29(17-23)36(18-24-8-11-27(24)30(38)7-3-4-15-42-43)20-33(21-41-31)14-5-6-22-16-25(34)10-12-28(22)33/h3,7,9-10,12-13,16-17,24,27,30,38H,2,4-6,8,11,14-15,18-21H2,1H3/b7-3+/t24-,27+,30-,33-,43+/m0/s1. The van der Waals surface area contributed by atoms with Crippen molar-refractivity contribution < 1.29 is 27.8 Å². The fraction of sp³-hybridized carbons (Fsp3) is 0.515. The van der Waals surface area contributed by atoms with Crippen molar-refractivity contribution in [1.82, 2.24) is 0 Å². The Morgan fingerprint density at radius 1 is 1.23 bits per heavy atom. The van der Waals surface area contributed by atoms with Crippen molar-refractivity contribution in [3.63, 3.8) is 0 Å². The summed E-state index contributed by atoms with van der Waals surface area (Å²) in [4.78, 5) is 28.0. The molecule has 1 amide bonds. The molecule has 0 saturated heterocycles. The molecule has 1 fully saturated rings. The first-order chi connectivity index (χ1) is 20.7. The summed E-state index contributed by atoms with van der Waals surface area (Å²) in [7, 11) is -3.58. The number of hydrogen-bond donors (Lipinski definition) is 1. The molecule has 0 aromatic heterocycles. The molecule has 5 atom stereocenters. The van der Waals surface area contributed by atoms with E-state index in [2.05, 4.69) is 21.4 Å². The second-order valence-corrected chi connectivity index (χ2v) is 14.6. The van der Waals surface area contributed by atoms with Crippen LogP contribution in [0, 0.1) is 11.8 Å². The Labute approximate surface area is 258 Å². The SMILES string of the molecule is CCC(=O)C[S@]1(=O)=NC(=O)c2ccc3c(c2)N(C[C@@H]2CC[C@H]2[C@@H](O)/C=C/CCO1)C[C@@]1(CCCc2cc(Cl)ccc21)CO3. The number of aryl methyl sites for hydroxylation is 1. The Hall–Kier alpha value is -2.72. The van der Waals surface area contributed by atoms with Gasteiger partial charge in [0, 0.05) is 35.5 Å². The molecule has 8 nitrogen and oxygen atoms in total. The van der Waals surface area contributed by atoms with Crippen LogP contribution >= 0.6 is 11.6 Å². The number of fused-ring (bicyclic) bond motifs is 4. The van der Waals surface area contributed by atoms with Crippen molar-refractivity contribution in [2.24, 2.45) is 16.2 Å². The van der Waals surface area contributed by atoms with Crippen LogP contribution in [0.3, 0.4) is 0 Å². The first kappa shape index (κ1) is 30.3. The van der Waals surface area contributed by atoms with Crippen molar-refractivity contribution in [2.75, 3.05) is 37.0 Å². The number of Topliss-reactive ketones (excluding diaryl/α,β-unsaturated/α-hetero) is 1. The van der Waals surface area contributed by atoms with Crippen LogP contribution in [0.25, 0.3) is 0 Å². The second kappa shape index (κ2) is 12.3. The van der Waals surface area contributed by atoms with Gasteiger partial charge in [-0.1, -0.05) is 36.7 Å². The van der Waals surface area contributed by atoms with Crippen LogP contribution in [-0.2, 0) is 30.8 Å². The van der Waals surface area contributed by atoms with Gasteiger partial charge in [0.25, 0.3) is 5.91 Å². The average molecular weight is 627 g/mol. The summed E-state index contributed by atoms with van der Waals surface area (Å²) < 4.78 is 29.7. The van der Waals surface area contributed by atoms with Crippen LogP contribution in [0.15, 0.2) is 52.9 Å². The van der Waals surface area contributed by atoms with Gasteiger partial charge >= 0.3 is 0 Å². The number of amides is 1. The maximum Gasteiger partial charge on any atom is 0.286 e. The van der Waals surface area contributed by atoms with Crippen molar-refractivity contribution in [2.45, 2.75) is 63.4 Å². The number of aliphatic hydroxyl groups excluding tert-OH is 1. The minimum atomic E-state index is -3.58. The lowest BCUT2D eigenvalue weighted by molar-refractivity contribution is -0.116. The number of carbonyl (C=O) groups is 2. The number of benzene rings is 2. The molecule has 2 heterocycles. The Bertz CT molecular complexity index is 1570. The molecule has 43 heavy (non-hydrogen) atoms. The fourth-order valence-electron chi connectivity index (χ4n) is 7.01. The van der Waals surface area contributed by atoms with Gasteiger partial charge in [0.05, 0.1) is 25.0 Å². The number of nitrogens with zero attached hydrogens (tertiary/aromatic N) is 2. The molecule has 4 aliphatic rings. The van der Waals surface area contributed by atoms with Gasteiger partial charge in [0.1, 0.15) is 17.3 Å². The molecule has 6 rings (SSSR count). The molecule has 0 unspecified atom stereocenters. The van der Waals surface area contributed by atoms with Crippen molar-refractivity contribution in [3.05, 3.63) is 70.3 Å². The smallest absolute Gasteiger partial charge is 0.286 e. The van der Waals surface area contributed by atoms with Gasteiger partial charge < -0.3 is 14.7 Å².